The van der Waals surface area contributed by atoms with Crippen LogP contribution >= 0.6 is 0 Å². The van der Waals surface area contributed by atoms with Gasteiger partial charge in [0.1, 0.15) is 0 Å². The summed E-state index contributed by atoms with van der Waals surface area (Å²) in [6, 6.07) is 0. The van der Waals surface area contributed by atoms with E-state index in [0.717, 1.165) is 24.0 Å². The van der Waals surface area contributed by atoms with Crippen LogP contribution < -0.4 is 5.32 Å². The van der Waals surface area contributed by atoms with Crippen LogP contribution in [0.5, 0.6) is 0 Å². The first-order chi connectivity index (χ1) is 10.8. The van der Waals surface area contributed by atoms with E-state index in [9.17, 15) is 9.59 Å². The van der Waals surface area contributed by atoms with Crippen molar-refractivity contribution in [2.24, 2.45) is 5.41 Å². The van der Waals surface area contributed by atoms with Gasteiger partial charge in [-0.1, -0.05) is 20.4 Å². The summed E-state index contributed by atoms with van der Waals surface area (Å²) in [5.74, 6) is 0.281. The number of allylic oxidation sites excluding steroid dienone is 1. The summed E-state index contributed by atoms with van der Waals surface area (Å²) in [5.41, 5.74) is 4.21. The van der Waals surface area contributed by atoms with Crippen LogP contribution in [0, 0.1) is 12.3 Å². The molecule has 4 heteroatoms. The van der Waals surface area contributed by atoms with Gasteiger partial charge in [0.2, 0.25) is 0 Å². The van der Waals surface area contributed by atoms with E-state index in [1.165, 1.54) is 0 Å². The topological polar surface area (TPSA) is 59.1 Å². The molecule has 1 fully saturated rings. The number of aromatic nitrogens is 1. The predicted octanol–water partition coefficient (Wildman–Crippen LogP) is 3.64. The van der Waals surface area contributed by atoms with E-state index in [2.05, 4.69) is 16.9 Å². The second-order valence-corrected chi connectivity index (χ2v) is 7.31. The number of hydrogen-bond acceptors (Lipinski definition) is 3. The Morgan fingerprint density at radius 1 is 1.39 bits per heavy atom. The fraction of sp³-hybridized carbons (Fsp3) is 0.526. The zero-order valence-electron chi connectivity index (χ0n) is 14.4. The minimum Gasteiger partial charge on any atom is -0.352 e. The first-order valence-electron chi connectivity index (χ1n) is 8.33. The van der Waals surface area contributed by atoms with Crippen molar-refractivity contribution in [2.75, 3.05) is 6.54 Å². The molecule has 122 valence electrons. The van der Waals surface area contributed by atoms with Gasteiger partial charge in [0.25, 0.3) is 5.91 Å². The molecule has 1 N–H and O–H groups in total. The lowest BCUT2D eigenvalue weighted by atomic mass is 9.70. The molecule has 0 bridgehead atoms. The SMILES string of the molecule is C=C1c2nc(C)c(C(=O)NCC)c(C3CC3)c2C(=O)CC1(C)C. The largest absolute Gasteiger partial charge is 0.352 e. The molecule has 1 aromatic heterocycles. The third-order valence-corrected chi connectivity index (χ3v) is 4.95. The number of nitrogens with zero attached hydrogens (tertiary/aromatic N) is 1. The molecule has 1 saturated carbocycles. The molecule has 0 aromatic carbocycles. The second kappa shape index (κ2) is 5.29. The van der Waals surface area contributed by atoms with Gasteiger partial charge < -0.3 is 5.32 Å². The number of rotatable bonds is 3. The van der Waals surface area contributed by atoms with Crippen molar-refractivity contribution in [1.29, 1.82) is 0 Å². The number of Topliss-reactive ketones (excluding diaryl/α,β-unsaturated/α-hetero) is 1. The van der Waals surface area contributed by atoms with E-state index >= 15 is 0 Å². The van der Waals surface area contributed by atoms with Crippen LogP contribution in [0.1, 0.15) is 83.6 Å². The smallest absolute Gasteiger partial charge is 0.253 e. The zero-order valence-corrected chi connectivity index (χ0v) is 14.4. The Hall–Kier alpha value is -1.97. The second-order valence-electron chi connectivity index (χ2n) is 7.31. The lowest BCUT2D eigenvalue weighted by Crippen LogP contribution is -2.31. The highest BCUT2D eigenvalue weighted by Crippen LogP contribution is 2.50. The highest BCUT2D eigenvalue weighted by Gasteiger charge is 2.42. The molecule has 2 aliphatic carbocycles. The van der Waals surface area contributed by atoms with Crippen LogP contribution in [0.4, 0.5) is 0 Å². The Bertz CT molecular complexity index is 727. The monoisotopic (exact) mass is 312 g/mol. The predicted molar refractivity (Wildman–Crippen MR) is 90.7 cm³/mol. The fourth-order valence-corrected chi connectivity index (χ4v) is 3.46. The van der Waals surface area contributed by atoms with Gasteiger partial charge in [0.15, 0.2) is 5.78 Å². The van der Waals surface area contributed by atoms with Crippen molar-refractivity contribution in [3.63, 3.8) is 0 Å². The van der Waals surface area contributed by atoms with E-state index in [4.69, 9.17) is 0 Å². The maximum Gasteiger partial charge on any atom is 0.253 e. The minimum absolute atomic E-state index is 0.0948. The molecule has 0 atom stereocenters. The van der Waals surface area contributed by atoms with Gasteiger partial charge in [0.05, 0.1) is 17.0 Å². The number of carbonyl (C=O) groups excluding carboxylic acids is 2. The van der Waals surface area contributed by atoms with Crippen LogP contribution in [0.25, 0.3) is 5.57 Å². The van der Waals surface area contributed by atoms with Crippen molar-refractivity contribution in [2.45, 2.75) is 52.9 Å². The molecule has 0 unspecified atom stereocenters. The summed E-state index contributed by atoms with van der Waals surface area (Å²) in [6.45, 7) is 12.6. The van der Waals surface area contributed by atoms with Gasteiger partial charge >= 0.3 is 0 Å². The lowest BCUT2D eigenvalue weighted by Gasteiger charge is -2.34. The van der Waals surface area contributed by atoms with Crippen LogP contribution in [0.3, 0.4) is 0 Å². The van der Waals surface area contributed by atoms with Crippen molar-refractivity contribution >= 4 is 17.3 Å². The Morgan fingerprint density at radius 2 is 2.04 bits per heavy atom. The average molecular weight is 312 g/mol. The highest BCUT2D eigenvalue weighted by atomic mass is 16.1. The van der Waals surface area contributed by atoms with E-state index in [1.54, 1.807) is 0 Å². The molecule has 0 saturated heterocycles. The maximum atomic E-state index is 12.8. The normalized spacial score (nSPS) is 19.5. The molecule has 23 heavy (non-hydrogen) atoms. The number of carbonyl (C=O) groups is 2. The highest BCUT2D eigenvalue weighted by molar-refractivity contribution is 6.09. The molecule has 0 radical (unpaired) electrons. The summed E-state index contributed by atoms with van der Waals surface area (Å²) in [4.78, 5) is 30.0. The van der Waals surface area contributed by atoms with Gasteiger partial charge in [0, 0.05) is 18.5 Å². The molecule has 1 heterocycles. The third-order valence-electron chi connectivity index (χ3n) is 4.95. The van der Waals surface area contributed by atoms with Crippen LogP contribution in [0.15, 0.2) is 6.58 Å². The first kappa shape index (κ1) is 15.9. The van der Waals surface area contributed by atoms with Gasteiger partial charge in [-0.2, -0.15) is 0 Å². The molecule has 0 aliphatic heterocycles. The number of hydrogen-bond donors (Lipinski definition) is 1. The number of amides is 1. The number of fused-ring (bicyclic) bond motifs is 1. The van der Waals surface area contributed by atoms with E-state index in [0.29, 0.717) is 41.4 Å². The zero-order chi connectivity index (χ0) is 16.9. The summed E-state index contributed by atoms with van der Waals surface area (Å²) >= 11 is 0. The van der Waals surface area contributed by atoms with Gasteiger partial charge in [-0.25, -0.2) is 0 Å². The molecule has 1 amide bonds. The summed E-state index contributed by atoms with van der Waals surface area (Å²) in [6.07, 6.45) is 2.50. The molecule has 1 aromatic rings. The van der Waals surface area contributed by atoms with Gasteiger partial charge in [-0.3, -0.25) is 14.6 Å². The molecule has 2 aliphatic rings. The first-order valence-corrected chi connectivity index (χ1v) is 8.33. The summed E-state index contributed by atoms with van der Waals surface area (Å²) in [7, 11) is 0. The summed E-state index contributed by atoms with van der Waals surface area (Å²) < 4.78 is 0. The lowest BCUT2D eigenvalue weighted by molar-refractivity contribution is 0.0943. The molecular weight excluding hydrogens is 288 g/mol. The van der Waals surface area contributed by atoms with E-state index in [1.807, 2.05) is 27.7 Å². The van der Waals surface area contributed by atoms with Crippen molar-refractivity contribution in [1.82, 2.24) is 10.3 Å². The van der Waals surface area contributed by atoms with Crippen molar-refractivity contribution in [3.8, 4) is 0 Å². The molecule has 0 spiro atoms. The number of pyridine rings is 1. The van der Waals surface area contributed by atoms with Gasteiger partial charge in [-0.05, 0) is 49.2 Å². The molecule has 4 nitrogen and oxygen atoms in total. The standard InChI is InChI=1S/C19H24N2O2/c1-6-20-18(23)14-11(3)21-17-10(2)19(4,5)9-13(22)16(17)15(14)12-7-8-12/h12H,2,6-9H2,1,3-5H3,(H,20,23). The number of nitrogens with one attached hydrogen (secondary N) is 1. The van der Waals surface area contributed by atoms with Gasteiger partial charge in [-0.15, -0.1) is 0 Å². The van der Waals surface area contributed by atoms with Crippen LogP contribution in [-0.4, -0.2) is 23.2 Å². The Kier molecular flexibility index (Phi) is 3.66. The summed E-state index contributed by atoms with van der Waals surface area (Å²) in [5, 5.41) is 2.86. The quantitative estimate of drug-likeness (QED) is 0.927. The van der Waals surface area contributed by atoms with Crippen molar-refractivity contribution in [3.05, 3.63) is 34.7 Å². The van der Waals surface area contributed by atoms with E-state index < -0.39 is 0 Å². The van der Waals surface area contributed by atoms with Crippen molar-refractivity contribution < 1.29 is 9.59 Å². The average Bonchev–Trinajstić information content (AvgIpc) is 3.27. The minimum atomic E-state index is -0.280. The maximum absolute atomic E-state index is 12.8. The Balaban J connectivity index is 2.28. The third kappa shape index (κ3) is 2.50. The Morgan fingerprint density at radius 3 is 2.61 bits per heavy atom. The molecule has 3 rings (SSSR count). The van der Waals surface area contributed by atoms with E-state index in [-0.39, 0.29) is 17.1 Å². The Labute approximate surface area is 137 Å². The molecular formula is C19H24N2O2. The van der Waals surface area contributed by atoms with Crippen LogP contribution in [0.2, 0.25) is 0 Å². The van der Waals surface area contributed by atoms with Crippen LogP contribution in [-0.2, 0) is 0 Å². The number of aryl methyl sites for hydroxylation is 1. The number of ketones is 1. The fourth-order valence-electron chi connectivity index (χ4n) is 3.46.